The van der Waals surface area contributed by atoms with Gasteiger partial charge in [0.2, 0.25) is 21.8 Å². The van der Waals surface area contributed by atoms with Crippen molar-refractivity contribution in [2.24, 2.45) is 5.92 Å². The summed E-state index contributed by atoms with van der Waals surface area (Å²) in [5.74, 6) is -0.693. The number of carbonyl (C=O) groups is 2. The molecule has 2 amide bonds. The van der Waals surface area contributed by atoms with Gasteiger partial charge in [0.05, 0.1) is 23.6 Å². The third-order valence-electron chi connectivity index (χ3n) is 5.67. The van der Waals surface area contributed by atoms with Crippen molar-refractivity contribution in [1.29, 1.82) is 0 Å². The molecule has 1 N–H and O–H groups in total. The van der Waals surface area contributed by atoms with Crippen LogP contribution < -0.4 is 15.0 Å². The van der Waals surface area contributed by atoms with Gasteiger partial charge in [0, 0.05) is 31.7 Å². The monoisotopic (exact) mass is 459 g/mol. The van der Waals surface area contributed by atoms with Crippen molar-refractivity contribution in [3.63, 3.8) is 0 Å². The van der Waals surface area contributed by atoms with E-state index < -0.39 is 15.9 Å². The van der Waals surface area contributed by atoms with Crippen LogP contribution in [0, 0.1) is 12.8 Å². The first-order valence-corrected chi connectivity index (χ1v) is 12.0. The first-order valence-electron chi connectivity index (χ1n) is 10.6. The summed E-state index contributed by atoms with van der Waals surface area (Å²) in [6.07, 6.45) is 0.0833. The van der Waals surface area contributed by atoms with Crippen molar-refractivity contribution in [3.8, 4) is 5.75 Å². The predicted molar refractivity (Wildman–Crippen MR) is 123 cm³/mol. The number of carbonyl (C=O) groups excluding carboxylic acids is 2. The summed E-state index contributed by atoms with van der Waals surface area (Å²) in [7, 11) is -2.25. The first kappa shape index (κ1) is 23.7. The summed E-state index contributed by atoms with van der Waals surface area (Å²) in [4.78, 5) is 27.3. The molecule has 3 rings (SSSR count). The Morgan fingerprint density at radius 2 is 1.88 bits per heavy atom. The number of nitrogens with one attached hydrogen (secondary N) is 1. The lowest BCUT2D eigenvalue weighted by Gasteiger charge is -2.20. The third kappa shape index (κ3) is 4.63. The van der Waals surface area contributed by atoms with Gasteiger partial charge in [-0.1, -0.05) is 32.0 Å². The fourth-order valence-electron chi connectivity index (χ4n) is 3.87. The Bertz CT molecular complexity index is 1110. The molecule has 172 valence electrons. The summed E-state index contributed by atoms with van der Waals surface area (Å²) in [5.41, 5.74) is 2.00. The van der Waals surface area contributed by atoms with Gasteiger partial charge in [0.25, 0.3) is 0 Å². The highest BCUT2D eigenvalue weighted by Gasteiger charge is 2.36. The number of aryl methyl sites for hydroxylation is 1. The zero-order valence-electron chi connectivity index (χ0n) is 18.8. The molecular formula is C23H29N3O5S. The quantitative estimate of drug-likeness (QED) is 0.655. The predicted octanol–water partition coefficient (Wildman–Crippen LogP) is 3.03. The average Bonchev–Trinajstić information content (AvgIpc) is 3.16. The molecular weight excluding hydrogens is 430 g/mol. The van der Waals surface area contributed by atoms with Gasteiger partial charge < -0.3 is 15.0 Å². The van der Waals surface area contributed by atoms with Crippen LogP contribution in [0.4, 0.5) is 11.4 Å². The summed E-state index contributed by atoms with van der Waals surface area (Å²) >= 11 is 0. The highest BCUT2D eigenvalue weighted by molar-refractivity contribution is 7.89. The number of methoxy groups -OCH3 is 1. The molecule has 0 aliphatic carbocycles. The van der Waals surface area contributed by atoms with Crippen molar-refractivity contribution in [1.82, 2.24) is 4.31 Å². The molecule has 1 fully saturated rings. The first-order chi connectivity index (χ1) is 15.2. The number of nitrogens with zero attached hydrogens (tertiary/aromatic N) is 2. The molecule has 0 bridgehead atoms. The molecule has 1 atom stereocenters. The second kappa shape index (κ2) is 9.70. The van der Waals surface area contributed by atoms with Crippen LogP contribution >= 0.6 is 0 Å². The molecule has 1 aliphatic rings. The number of benzene rings is 2. The molecule has 32 heavy (non-hydrogen) atoms. The second-order valence-corrected chi connectivity index (χ2v) is 9.57. The van der Waals surface area contributed by atoms with E-state index in [9.17, 15) is 18.0 Å². The Hall–Kier alpha value is -2.91. The molecule has 1 saturated heterocycles. The lowest BCUT2D eigenvalue weighted by molar-refractivity contribution is -0.122. The number of sulfonamides is 1. The van der Waals surface area contributed by atoms with Crippen molar-refractivity contribution in [3.05, 3.63) is 48.0 Å². The van der Waals surface area contributed by atoms with E-state index in [0.29, 0.717) is 18.8 Å². The molecule has 0 spiro atoms. The van der Waals surface area contributed by atoms with E-state index in [4.69, 9.17) is 4.74 Å². The van der Waals surface area contributed by atoms with E-state index in [1.165, 1.54) is 29.6 Å². The molecule has 2 aromatic rings. The maximum atomic E-state index is 13.0. The maximum absolute atomic E-state index is 13.0. The van der Waals surface area contributed by atoms with E-state index in [0.717, 1.165) is 11.3 Å². The summed E-state index contributed by atoms with van der Waals surface area (Å²) in [5, 5.41) is 2.77. The number of amides is 2. The maximum Gasteiger partial charge on any atom is 0.243 e. The van der Waals surface area contributed by atoms with Gasteiger partial charge in [0.15, 0.2) is 0 Å². The number of para-hydroxylation sites is 1. The molecule has 1 unspecified atom stereocenters. The van der Waals surface area contributed by atoms with E-state index in [1.54, 1.807) is 18.7 Å². The molecule has 0 radical (unpaired) electrons. The minimum Gasteiger partial charge on any atom is -0.495 e. The third-order valence-corrected chi connectivity index (χ3v) is 7.72. The van der Waals surface area contributed by atoms with Crippen molar-refractivity contribution in [2.45, 2.75) is 32.1 Å². The Morgan fingerprint density at radius 3 is 2.50 bits per heavy atom. The van der Waals surface area contributed by atoms with Gasteiger partial charge in [-0.25, -0.2) is 8.42 Å². The minimum absolute atomic E-state index is 0.0707. The minimum atomic E-state index is -3.70. The number of hydrogen-bond donors (Lipinski definition) is 1. The summed E-state index contributed by atoms with van der Waals surface area (Å²) in [6, 6.07) is 11.9. The van der Waals surface area contributed by atoms with E-state index in [-0.39, 0.29) is 35.4 Å². The largest absolute Gasteiger partial charge is 0.495 e. The average molecular weight is 460 g/mol. The van der Waals surface area contributed by atoms with Crippen LogP contribution in [0.3, 0.4) is 0 Å². The number of anilines is 2. The van der Waals surface area contributed by atoms with Crippen molar-refractivity contribution in [2.75, 3.05) is 37.0 Å². The van der Waals surface area contributed by atoms with Gasteiger partial charge in [0.1, 0.15) is 5.75 Å². The highest BCUT2D eigenvalue weighted by Crippen LogP contribution is 2.32. The van der Waals surface area contributed by atoms with E-state index in [1.807, 2.05) is 31.2 Å². The Balaban J connectivity index is 1.83. The fraction of sp³-hybridized carbons (Fsp3) is 0.391. The zero-order chi connectivity index (χ0) is 23.5. The van der Waals surface area contributed by atoms with Crippen LogP contribution in [-0.4, -0.2) is 51.3 Å². The van der Waals surface area contributed by atoms with Crippen LogP contribution in [0.1, 0.15) is 25.8 Å². The molecule has 2 aromatic carbocycles. The standard InChI is InChI=1S/C23H29N3O5S/c1-5-25(6-2)32(29,30)18-11-12-21(31-4)19(14-18)24-23(28)17-13-22(27)26(15-17)20-10-8-7-9-16(20)3/h7-12,14,17H,5-6,13,15H2,1-4H3,(H,24,28). The van der Waals surface area contributed by atoms with Crippen LogP contribution in [-0.2, 0) is 19.6 Å². The Labute approximate surface area is 189 Å². The van der Waals surface area contributed by atoms with E-state index in [2.05, 4.69) is 5.32 Å². The topological polar surface area (TPSA) is 96.0 Å². The Morgan fingerprint density at radius 1 is 1.19 bits per heavy atom. The van der Waals surface area contributed by atoms with Crippen LogP contribution in [0.2, 0.25) is 0 Å². The SMILES string of the molecule is CCN(CC)S(=O)(=O)c1ccc(OC)c(NC(=O)C2CC(=O)N(c3ccccc3C)C2)c1. The Kier molecular flexibility index (Phi) is 7.20. The zero-order valence-corrected chi connectivity index (χ0v) is 19.6. The normalized spacial score (nSPS) is 16.5. The van der Waals surface area contributed by atoms with Crippen LogP contribution in [0.25, 0.3) is 0 Å². The fourth-order valence-corrected chi connectivity index (χ4v) is 5.36. The smallest absolute Gasteiger partial charge is 0.243 e. The molecule has 9 heteroatoms. The van der Waals surface area contributed by atoms with Gasteiger partial charge in [-0.3, -0.25) is 9.59 Å². The molecule has 1 heterocycles. The number of ether oxygens (including phenoxy) is 1. The van der Waals surface area contributed by atoms with Crippen LogP contribution in [0.15, 0.2) is 47.4 Å². The van der Waals surface area contributed by atoms with Gasteiger partial charge in [-0.15, -0.1) is 0 Å². The highest BCUT2D eigenvalue weighted by atomic mass is 32.2. The number of hydrogen-bond acceptors (Lipinski definition) is 5. The van der Waals surface area contributed by atoms with Crippen molar-refractivity contribution < 1.29 is 22.7 Å². The van der Waals surface area contributed by atoms with Gasteiger partial charge >= 0.3 is 0 Å². The molecule has 0 aromatic heterocycles. The van der Waals surface area contributed by atoms with Gasteiger partial charge in [-0.05, 0) is 36.8 Å². The van der Waals surface area contributed by atoms with Gasteiger partial charge in [-0.2, -0.15) is 4.31 Å². The van der Waals surface area contributed by atoms with E-state index >= 15 is 0 Å². The van der Waals surface area contributed by atoms with Crippen LogP contribution in [0.5, 0.6) is 5.75 Å². The second-order valence-electron chi connectivity index (χ2n) is 7.63. The lowest BCUT2D eigenvalue weighted by Crippen LogP contribution is -2.31. The molecule has 1 aliphatic heterocycles. The molecule has 0 saturated carbocycles. The summed E-state index contributed by atoms with van der Waals surface area (Å²) in [6.45, 7) is 6.39. The molecule has 8 nitrogen and oxygen atoms in total. The number of rotatable bonds is 8. The summed E-state index contributed by atoms with van der Waals surface area (Å²) < 4.78 is 32.4. The lowest BCUT2D eigenvalue weighted by atomic mass is 10.1. The van der Waals surface area contributed by atoms with Crippen molar-refractivity contribution >= 4 is 33.2 Å².